The summed E-state index contributed by atoms with van der Waals surface area (Å²) in [5.41, 5.74) is 4.16. The molecule has 2 aromatic carbocycles. The second-order valence-corrected chi connectivity index (χ2v) is 5.55. The molecule has 2 heteroatoms. The summed E-state index contributed by atoms with van der Waals surface area (Å²) in [5, 5.41) is 13.0. The average Bonchev–Trinajstić information content (AvgIpc) is 2.35. The molecule has 0 bridgehead atoms. The van der Waals surface area contributed by atoms with Gasteiger partial charge in [-0.1, -0.05) is 36.4 Å². The highest BCUT2D eigenvalue weighted by molar-refractivity contribution is 5.40. The third kappa shape index (κ3) is 2.24. The van der Waals surface area contributed by atoms with Crippen LogP contribution < -0.4 is 5.32 Å². The first kappa shape index (κ1) is 12.2. The van der Waals surface area contributed by atoms with Crippen molar-refractivity contribution in [1.82, 2.24) is 5.32 Å². The van der Waals surface area contributed by atoms with Gasteiger partial charge in [-0.2, -0.15) is 0 Å². The van der Waals surface area contributed by atoms with Crippen LogP contribution >= 0.6 is 0 Å². The second-order valence-electron chi connectivity index (χ2n) is 5.55. The van der Waals surface area contributed by atoms with Crippen molar-refractivity contribution in [1.29, 1.82) is 0 Å². The molecule has 0 radical (unpaired) electrons. The number of aryl methyl sites for hydroxylation is 1. The Kier molecular flexibility index (Phi) is 3.03. The van der Waals surface area contributed by atoms with Crippen molar-refractivity contribution in [3.05, 3.63) is 65.2 Å². The van der Waals surface area contributed by atoms with Gasteiger partial charge >= 0.3 is 0 Å². The van der Waals surface area contributed by atoms with Crippen LogP contribution in [0, 0.1) is 6.92 Å². The lowest BCUT2D eigenvalue weighted by Gasteiger charge is -2.44. The Morgan fingerprint density at radius 1 is 1.11 bits per heavy atom. The number of hydrogen-bond acceptors (Lipinski definition) is 2. The molecule has 0 spiro atoms. The van der Waals surface area contributed by atoms with Crippen LogP contribution in [0.3, 0.4) is 0 Å². The lowest BCUT2D eigenvalue weighted by molar-refractivity contribution is 0.273. The van der Waals surface area contributed by atoms with Crippen LogP contribution in [0.15, 0.2) is 48.5 Å². The summed E-state index contributed by atoms with van der Waals surface area (Å²) in [7, 11) is 0. The van der Waals surface area contributed by atoms with E-state index < -0.39 is 0 Å². The normalized spacial score (nSPS) is 16.9. The fourth-order valence-electron chi connectivity index (χ4n) is 3.06. The summed E-state index contributed by atoms with van der Waals surface area (Å²) in [6, 6.07) is 16.2. The number of nitrogens with one attached hydrogen (secondary N) is 1. The molecular weight excluding hydrogens is 234 g/mol. The maximum atomic E-state index is 9.61. The average molecular weight is 253 g/mol. The molecule has 0 atom stereocenters. The largest absolute Gasteiger partial charge is 0.508 e. The highest BCUT2D eigenvalue weighted by atomic mass is 16.3. The Hall–Kier alpha value is -1.80. The molecule has 3 rings (SSSR count). The van der Waals surface area contributed by atoms with E-state index in [1.807, 2.05) is 12.1 Å². The van der Waals surface area contributed by atoms with E-state index in [9.17, 15) is 5.11 Å². The smallest absolute Gasteiger partial charge is 0.115 e. The van der Waals surface area contributed by atoms with Gasteiger partial charge in [0.05, 0.1) is 0 Å². The van der Waals surface area contributed by atoms with Gasteiger partial charge in [-0.25, -0.2) is 0 Å². The lowest BCUT2D eigenvalue weighted by Crippen LogP contribution is -2.58. The summed E-state index contributed by atoms with van der Waals surface area (Å²) < 4.78 is 0. The molecule has 0 aliphatic carbocycles. The van der Waals surface area contributed by atoms with Crippen LogP contribution in [0.5, 0.6) is 5.75 Å². The zero-order valence-electron chi connectivity index (χ0n) is 11.2. The maximum absolute atomic E-state index is 9.61. The number of aromatic hydroxyl groups is 1. The minimum absolute atomic E-state index is 0.180. The third-order valence-electron chi connectivity index (χ3n) is 4.10. The highest BCUT2D eigenvalue weighted by Gasteiger charge is 2.39. The van der Waals surface area contributed by atoms with Gasteiger partial charge in [-0.05, 0) is 42.2 Å². The first-order valence-electron chi connectivity index (χ1n) is 6.74. The fraction of sp³-hybridized carbons (Fsp3) is 0.294. The van der Waals surface area contributed by atoms with E-state index in [1.165, 1.54) is 16.7 Å². The van der Waals surface area contributed by atoms with Crippen LogP contribution in [-0.2, 0) is 11.8 Å². The van der Waals surface area contributed by atoms with Crippen molar-refractivity contribution < 1.29 is 5.11 Å². The van der Waals surface area contributed by atoms with Gasteiger partial charge in [-0.3, -0.25) is 0 Å². The number of phenolic OH excluding ortho intramolecular Hbond substituents is 1. The topological polar surface area (TPSA) is 32.3 Å². The minimum atomic E-state index is 0.180. The third-order valence-corrected chi connectivity index (χ3v) is 4.10. The molecule has 2 aromatic rings. The SMILES string of the molecule is Cc1ccccc1C1(Cc2cccc(O)c2)CNC1. The first-order valence-corrected chi connectivity index (χ1v) is 6.74. The highest BCUT2D eigenvalue weighted by Crippen LogP contribution is 2.34. The van der Waals surface area contributed by atoms with E-state index in [2.05, 4.69) is 42.6 Å². The summed E-state index contributed by atoms with van der Waals surface area (Å²) in [5.74, 6) is 0.352. The van der Waals surface area contributed by atoms with Gasteiger partial charge in [0.1, 0.15) is 5.75 Å². The van der Waals surface area contributed by atoms with Crippen molar-refractivity contribution in [2.75, 3.05) is 13.1 Å². The van der Waals surface area contributed by atoms with E-state index in [4.69, 9.17) is 0 Å². The standard InChI is InChI=1S/C17H19NO/c1-13-5-2-3-8-16(13)17(11-18-12-17)10-14-6-4-7-15(19)9-14/h2-9,18-19H,10-12H2,1H3. The quantitative estimate of drug-likeness (QED) is 0.881. The minimum Gasteiger partial charge on any atom is -0.508 e. The molecule has 0 amide bonds. The molecule has 0 saturated carbocycles. The van der Waals surface area contributed by atoms with Crippen LogP contribution in [0.4, 0.5) is 0 Å². The number of hydrogen-bond donors (Lipinski definition) is 2. The van der Waals surface area contributed by atoms with Gasteiger partial charge in [0, 0.05) is 18.5 Å². The van der Waals surface area contributed by atoms with Crippen molar-refractivity contribution in [3.63, 3.8) is 0 Å². The molecule has 2 N–H and O–H groups in total. The van der Waals surface area contributed by atoms with E-state index in [1.54, 1.807) is 6.07 Å². The van der Waals surface area contributed by atoms with Crippen molar-refractivity contribution >= 4 is 0 Å². The Labute approximate surface area is 114 Å². The van der Waals surface area contributed by atoms with Crippen molar-refractivity contribution in [2.24, 2.45) is 0 Å². The van der Waals surface area contributed by atoms with Gasteiger partial charge in [0.15, 0.2) is 0 Å². The zero-order chi connectivity index (χ0) is 13.3. The molecule has 98 valence electrons. The van der Waals surface area contributed by atoms with E-state index in [0.29, 0.717) is 5.75 Å². The molecule has 19 heavy (non-hydrogen) atoms. The maximum Gasteiger partial charge on any atom is 0.115 e. The number of benzene rings is 2. The number of rotatable bonds is 3. The second kappa shape index (κ2) is 4.71. The first-order chi connectivity index (χ1) is 9.20. The molecule has 1 saturated heterocycles. The van der Waals surface area contributed by atoms with E-state index in [-0.39, 0.29) is 5.41 Å². The molecule has 0 unspecified atom stereocenters. The Morgan fingerprint density at radius 3 is 2.53 bits per heavy atom. The van der Waals surface area contributed by atoms with Crippen LogP contribution in [0.2, 0.25) is 0 Å². The van der Waals surface area contributed by atoms with Gasteiger partial charge in [0.2, 0.25) is 0 Å². The summed E-state index contributed by atoms with van der Waals surface area (Å²) in [6.07, 6.45) is 0.971. The summed E-state index contributed by atoms with van der Waals surface area (Å²) >= 11 is 0. The van der Waals surface area contributed by atoms with Gasteiger partial charge < -0.3 is 10.4 Å². The Balaban J connectivity index is 1.94. The van der Waals surface area contributed by atoms with Gasteiger partial charge in [-0.15, -0.1) is 0 Å². The van der Waals surface area contributed by atoms with E-state index in [0.717, 1.165) is 19.5 Å². The molecule has 1 aliphatic heterocycles. The predicted molar refractivity (Wildman–Crippen MR) is 77.5 cm³/mol. The zero-order valence-corrected chi connectivity index (χ0v) is 11.2. The number of phenols is 1. The monoisotopic (exact) mass is 253 g/mol. The molecule has 1 fully saturated rings. The fourth-order valence-corrected chi connectivity index (χ4v) is 3.06. The van der Waals surface area contributed by atoms with Crippen molar-refractivity contribution in [3.8, 4) is 5.75 Å². The predicted octanol–water partition coefficient (Wildman–Crippen LogP) is 2.78. The summed E-state index contributed by atoms with van der Waals surface area (Å²) in [4.78, 5) is 0. The molecule has 1 heterocycles. The Bertz CT molecular complexity index is 587. The molecule has 1 aliphatic rings. The molecular formula is C17H19NO. The van der Waals surface area contributed by atoms with Gasteiger partial charge in [0.25, 0.3) is 0 Å². The summed E-state index contributed by atoms with van der Waals surface area (Å²) in [6.45, 7) is 4.19. The van der Waals surface area contributed by atoms with Crippen molar-refractivity contribution in [2.45, 2.75) is 18.8 Å². The van der Waals surface area contributed by atoms with Crippen LogP contribution in [-0.4, -0.2) is 18.2 Å². The Morgan fingerprint density at radius 2 is 1.89 bits per heavy atom. The van der Waals surface area contributed by atoms with E-state index >= 15 is 0 Å². The lowest BCUT2D eigenvalue weighted by atomic mass is 9.69. The molecule has 2 nitrogen and oxygen atoms in total. The molecule has 0 aromatic heterocycles. The van der Waals surface area contributed by atoms with Crippen LogP contribution in [0.25, 0.3) is 0 Å². The van der Waals surface area contributed by atoms with Crippen LogP contribution in [0.1, 0.15) is 16.7 Å².